The highest BCUT2D eigenvalue weighted by atomic mass is 32.2. The van der Waals surface area contributed by atoms with E-state index in [9.17, 15) is 31.2 Å². The third kappa shape index (κ3) is 4.09. The van der Waals surface area contributed by atoms with Crippen molar-refractivity contribution in [3.8, 4) is 6.07 Å². The van der Waals surface area contributed by atoms with Crippen molar-refractivity contribution in [2.24, 2.45) is 5.73 Å². The molecule has 0 saturated heterocycles. The van der Waals surface area contributed by atoms with Crippen LogP contribution in [0.3, 0.4) is 0 Å². The van der Waals surface area contributed by atoms with Crippen LogP contribution in [0.4, 0.5) is 23.2 Å². The van der Waals surface area contributed by atoms with Crippen LogP contribution in [0.2, 0.25) is 0 Å². The number of benzene rings is 3. The van der Waals surface area contributed by atoms with Crippen LogP contribution in [0.15, 0.2) is 89.2 Å². The molecule has 0 amide bonds. The number of nitrogens with two attached hydrogens (primary N) is 1. The zero-order valence-electron chi connectivity index (χ0n) is 18.8. The number of hydrogen-bond acceptors (Lipinski definition) is 5. The fraction of sp³-hybridized carbons (Fsp3) is 0.115. The normalized spacial score (nSPS) is 18.6. The zero-order valence-corrected chi connectivity index (χ0v) is 19.6. The Balaban J connectivity index is 1.72. The van der Waals surface area contributed by atoms with E-state index in [0.717, 1.165) is 28.6 Å². The average molecular weight is 527 g/mol. The van der Waals surface area contributed by atoms with Gasteiger partial charge in [-0.05, 0) is 47.5 Å². The minimum absolute atomic E-state index is 0.104. The molecule has 0 radical (unpaired) electrons. The number of halogens is 4. The Labute approximate surface area is 209 Å². The summed E-state index contributed by atoms with van der Waals surface area (Å²) in [5.74, 6) is -2.25. The van der Waals surface area contributed by atoms with Gasteiger partial charge in [-0.15, -0.1) is 0 Å². The van der Waals surface area contributed by atoms with Gasteiger partial charge in [0, 0.05) is 5.56 Å². The number of rotatable bonds is 3. The first-order valence-corrected chi connectivity index (χ1v) is 12.3. The summed E-state index contributed by atoms with van der Waals surface area (Å²) in [6.45, 7) is -0.169. The van der Waals surface area contributed by atoms with Gasteiger partial charge in [-0.2, -0.15) is 18.4 Å². The molecule has 188 valence electrons. The van der Waals surface area contributed by atoms with Gasteiger partial charge in [0.25, 0.3) is 10.0 Å². The molecule has 2 heterocycles. The monoisotopic (exact) mass is 527 g/mol. The molecule has 0 fully saturated rings. The van der Waals surface area contributed by atoms with E-state index in [4.69, 9.17) is 10.5 Å². The minimum atomic E-state index is -4.60. The molecule has 1 atom stereocenters. The molecule has 11 heteroatoms. The highest BCUT2D eigenvalue weighted by Gasteiger charge is 2.47. The summed E-state index contributed by atoms with van der Waals surface area (Å²) in [4.78, 5) is -0.321. The summed E-state index contributed by atoms with van der Waals surface area (Å²) in [6, 6.07) is 17.5. The smallest absolute Gasteiger partial charge is 0.416 e. The number of alkyl halides is 3. The van der Waals surface area contributed by atoms with Gasteiger partial charge in [-0.3, -0.25) is 4.31 Å². The summed E-state index contributed by atoms with van der Waals surface area (Å²) in [5, 5.41) is 9.85. The predicted molar refractivity (Wildman–Crippen MR) is 127 cm³/mol. The van der Waals surface area contributed by atoms with Crippen molar-refractivity contribution in [2.45, 2.75) is 18.6 Å². The van der Waals surface area contributed by atoms with Crippen molar-refractivity contribution < 1.29 is 30.7 Å². The Kier molecular flexibility index (Phi) is 5.72. The molecule has 2 aliphatic heterocycles. The molecule has 0 spiro atoms. The van der Waals surface area contributed by atoms with Crippen molar-refractivity contribution in [1.29, 1.82) is 5.26 Å². The molecule has 0 bridgehead atoms. The first-order valence-electron chi connectivity index (χ1n) is 10.9. The molecule has 3 aromatic carbocycles. The molecular formula is C26H17F4N3O3S. The van der Waals surface area contributed by atoms with Crippen LogP contribution in [-0.4, -0.2) is 8.42 Å². The second kappa shape index (κ2) is 8.67. The van der Waals surface area contributed by atoms with E-state index < -0.39 is 33.5 Å². The van der Waals surface area contributed by atoms with Crippen LogP contribution in [-0.2, 0) is 27.5 Å². The van der Waals surface area contributed by atoms with Gasteiger partial charge in [-0.1, -0.05) is 36.4 Å². The molecule has 2 N–H and O–H groups in total. The van der Waals surface area contributed by atoms with E-state index in [2.05, 4.69) is 0 Å². The van der Waals surface area contributed by atoms with Crippen LogP contribution in [0.5, 0.6) is 0 Å². The van der Waals surface area contributed by atoms with Crippen molar-refractivity contribution in [3.63, 3.8) is 0 Å². The number of fused-ring (bicyclic) bond motifs is 2. The molecular weight excluding hydrogens is 510 g/mol. The number of sulfonamides is 1. The molecule has 37 heavy (non-hydrogen) atoms. The predicted octanol–water partition coefficient (Wildman–Crippen LogP) is 5.37. The fourth-order valence-electron chi connectivity index (χ4n) is 4.43. The maximum absolute atomic E-state index is 14.1. The van der Waals surface area contributed by atoms with E-state index in [-0.39, 0.29) is 39.9 Å². The quantitative estimate of drug-likeness (QED) is 0.462. The molecule has 3 aromatic rings. The molecule has 6 nitrogen and oxygen atoms in total. The average Bonchev–Trinajstić information content (AvgIpc) is 2.86. The maximum atomic E-state index is 14.1. The molecule has 0 aromatic heterocycles. The molecule has 0 saturated carbocycles. The Morgan fingerprint density at radius 3 is 2.27 bits per heavy atom. The second-order valence-corrected chi connectivity index (χ2v) is 10.2. The topological polar surface area (TPSA) is 96.4 Å². The third-order valence-electron chi connectivity index (χ3n) is 6.17. The van der Waals surface area contributed by atoms with Gasteiger partial charge in [0.1, 0.15) is 22.4 Å². The van der Waals surface area contributed by atoms with Gasteiger partial charge in [0.15, 0.2) is 5.76 Å². The first kappa shape index (κ1) is 24.4. The fourth-order valence-corrected chi connectivity index (χ4v) is 6.35. The summed E-state index contributed by atoms with van der Waals surface area (Å²) in [7, 11) is -4.42. The van der Waals surface area contributed by atoms with Gasteiger partial charge in [0.2, 0.25) is 5.88 Å². The molecule has 5 rings (SSSR count). The Morgan fingerprint density at radius 1 is 1.00 bits per heavy atom. The van der Waals surface area contributed by atoms with E-state index in [1.54, 1.807) is 24.3 Å². The van der Waals surface area contributed by atoms with Crippen LogP contribution in [0.25, 0.3) is 5.76 Å². The second-order valence-electron chi connectivity index (χ2n) is 8.39. The Morgan fingerprint density at radius 2 is 1.65 bits per heavy atom. The van der Waals surface area contributed by atoms with Gasteiger partial charge >= 0.3 is 6.18 Å². The highest BCUT2D eigenvalue weighted by Crippen LogP contribution is 2.51. The maximum Gasteiger partial charge on any atom is 0.416 e. The van der Waals surface area contributed by atoms with Crippen molar-refractivity contribution >= 4 is 21.5 Å². The van der Waals surface area contributed by atoms with Crippen molar-refractivity contribution in [1.82, 2.24) is 0 Å². The van der Waals surface area contributed by atoms with Crippen LogP contribution >= 0.6 is 0 Å². The standard InChI is InChI=1S/C26H17F4N3O3S/c27-18-11-5-15(6-12-18)14-33-21-4-2-1-3-19(21)23-24(37(33,34)35)22(20(13-31)25(32)36-23)16-7-9-17(10-8-16)26(28,29)30/h1-12,22H,14,32H2/t22-/m1/s1. The van der Waals surface area contributed by atoms with Crippen LogP contribution in [0.1, 0.15) is 28.2 Å². The lowest BCUT2D eigenvalue weighted by molar-refractivity contribution is -0.137. The number of nitrogens with zero attached hydrogens (tertiary/aromatic N) is 2. The minimum Gasteiger partial charge on any atom is -0.439 e. The zero-order chi connectivity index (χ0) is 26.5. The van der Waals surface area contributed by atoms with E-state index in [1.807, 2.05) is 6.07 Å². The van der Waals surface area contributed by atoms with E-state index >= 15 is 0 Å². The van der Waals surface area contributed by atoms with E-state index in [1.165, 1.54) is 24.3 Å². The number of allylic oxidation sites excluding steroid dienone is 2. The molecule has 2 aliphatic rings. The summed E-state index contributed by atoms with van der Waals surface area (Å²) >= 11 is 0. The van der Waals surface area contributed by atoms with Crippen LogP contribution < -0.4 is 10.0 Å². The summed E-state index contributed by atoms with van der Waals surface area (Å²) in [5.41, 5.74) is 6.09. The lowest BCUT2D eigenvalue weighted by Crippen LogP contribution is -2.39. The number of nitriles is 1. The summed E-state index contributed by atoms with van der Waals surface area (Å²) < 4.78 is 88.0. The number of ether oxygens (including phenoxy) is 1. The molecule has 0 aliphatic carbocycles. The lowest BCUT2D eigenvalue weighted by atomic mass is 9.88. The first-order chi connectivity index (χ1) is 17.5. The third-order valence-corrected chi connectivity index (χ3v) is 8.05. The number of hydrogen-bond donors (Lipinski definition) is 1. The van der Waals surface area contributed by atoms with Gasteiger partial charge < -0.3 is 10.5 Å². The highest BCUT2D eigenvalue weighted by molar-refractivity contribution is 7.96. The number of para-hydroxylation sites is 1. The SMILES string of the molecule is N#CC1=C(N)OC2=C([C@@H]1c1ccc(C(F)(F)F)cc1)S(=O)(=O)N(Cc1ccc(F)cc1)c1ccccc12. The van der Waals surface area contributed by atoms with Crippen molar-refractivity contribution in [3.05, 3.63) is 117 Å². The summed E-state index contributed by atoms with van der Waals surface area (Å²) in [6.07, 6.45) is -4.60. The largest absolute Gasteiger partial charge is 0.439 e. The number of anilines is 1. The van der Waals surface area contributed by atoms with Crippen molar-refractivity contribution in [2.75, 3.05) is 4.31 Å². The lowest BCUT2D eigenvalue weighted by Gasteiger charge is -2.38. The van der Waals surface area contributed by atoms with Gasteiger partial charge in [0.05, 0.1) is 23.7 Å². The molecule has 0 unspecified atom stereocenters. The van der Waals surface area contributed by atoms with E-state index in [0.29, 0.717) is 11.1 Å². The van der Waals surface area contributed by atoms with Gasteiger partial charge in [-0.25, -0.2) is 12.8 Å². The Hall–Kier alpha value is -4.30. The Bertz CT molecular complexity index is 1600. The van der Waals surface area contributed by atoms with Crippen LogP contribution in [0, 0.1) is 17.1 Å².